The Bertz CT molecular complexity index is 418. The van der Waals surface area contributed by atoms with Gasteiger partial charge >= 0.3 is 0 Å². The standard InChI is InChI=1S/C14H19N3/c1-12-3-5-13(6-4-12)9-17-8-2-7-14(16,10-15)11-17/h3-6H,2,7-9,11,16H2,1H3. The average molecular weight is 229 g/mol. The van der Waals surface area contributed by atoms with Crippen molar-refractivity contribution in [3.63, 3.8) is 0 Å². The first-order valence-electron chi connectivity index (χ1n) is 6.09. The van der Waals surface area contributed by atoms with E-state index in [1.165, 1.54) is 11.1 Å². The molecule has 0 spiro atoms. The van der Waals surface area contributed by atoms with Crippen LogP contribution in [0.15, 0.2) is 24.3 Å². The molecule has 1 aromatic rings. The Kier molecular flexibility index (Phi) is 3.46. The molecule has 17 heavy (non-hydrogen) atoms. The molecule has 1 aromatic carbocycles. The van der Waals surface area contributed by atoms with Gasteiger partial charge in [-0.3, -0.25) is 4.90 Å². The largest absolute Gasteiger partial charge is 0.312 e. The lowest BCUT2D eigenvalue weighted by molar-refractivity contribution is 0.172. The second-order valence-corrected chi connectivity index (χ2v) is 5.07. The molecular weight excluding hydrogens is 210 g/mol. The number of piperidine rings is 1. The molecule has 0 amide bonds. The van der Waals surface area contributed by atoms with Crippen LogP contribution < -0.4 is 5.73 Å². The van der Waals surface area contributed by atoms with Gasteiger partial charge in [0.1, 0.15) is 5.54 Å². The van der Waals surface area contributed by atoms with Crippen LogP contribution in [0.1, 0.15) is 24.0 Å². The highest BCUT2D eigenvalue weighted by molar-refractivity contribution is 5.21. The van der Waals surface area contributed by atoms with E-state index in [2.05, 4.69) is 42.2 Å². The van der Waals surface area contributed by atoms with Gasteiger partial charge in [0.25, 0.3) is 0 Å². The molecule has 3 nitrogen and oxygen atoms in total. The topological polar surface area (TPSA) is 53.0 Å². The minimum atomic E-state index is -0.650. The van der Waals surface area contributed by atoms with Gasteiger partial charge < -0.3 is 5.73 Å². The maximum Gasteiger partial charge on any atom is 0.117 e. The van der Waals surface area contributed by atoms with E-state index in [1.54, 1.807) is 0 Å². The molecule has 0 aliphatic carbocycles. The third-order valence-electron chi connectivity index (χ3n) is 3.35. The first kappa shape index (κ1) is 12.1. The summed E-state index contributed by atoms with van der Waals surface area (Å²) in [5.41, 5.74) is 7.94. The van der Waals surface area contributed by atoms with Gasteiger partial charge in [-0.15, -0.1) is 0 Å². The minimum absolute atomic E-state index is 0.650. The summed E-state index contributed by atoms with van der Waals surface area (Å²) in [7, 11) is 0. The van der Waals surface area contributed by atoms with Gasteiger partial charge in [0.05, 0.1) is 6.07 Å². The van der Waals surface area contributed by atoms with Crippen LogP contribution in [0, 0.1) is 18.3 Å². The molecule has 1 fully saturated rings. The minimum Gasteiger partial charge on any atom is -0.312 e. The fourth-order valence-corrected chi connectivity index (χ4v) is 2.35. The molecule has 2 N–H and O–H groups in total. The molecule has 1 aliphatic rings. The lowest BCUT2D eigenvalue weighted by atomic mass is 9.91. The summed E-state index contributed by atoms with van der Waals surface area (Å²) in [5, 5.41) is 9.07. The van der Waals surface area contributed by atoms with E-state index < -0.39 is 5.54 Å². The Morgan fingerprint density at radius 2 is 2.12 bits per heavy atom. The van der Waals surface area contributed by atoms with E-state index in [0.717, 1.165) is 25.9 Å². The molecule has 1 atom stereocenters. The number of nitrogens with two attached hydrogens (primary N) is 1. The molecule has 1 saturated heterocycles. The normalized spacial score (nSPS) is 25.5. The molecule has 3 heteroatoms. The average Bonchev–Trinajstić information content (AvgIpc) is 2.32. The molecule has 1 unspecified atom stereocenters. The van der Waals surface area contributed by atoms with Crippen molar-refractivity contribution < 1.29 is 0 Å². The van der Waals surface area contributed by atoms with Crippen LogP contribution in [-0.2, 0) is 6.54 Å². The zero-order chi connectivity index (χ0) is 12.3. The van der Waals surface area contributed by atoms with Crippen molar-refractivity contribution in [2.45, 2.75) is 31.8 Å². The summed E-state index contributed by atoms with van der Waals surface area (Å²) < 4.78 is 0. The van der Waals surface area contributed by atoms with Crippen molar-refractivity contribution in [1.82, 2.24) is 4.90 Å². The highest BCUT2D eigenvalue weighted by Crippen LogP contribution is 2.19. The summed E-state index contributed by atoms with van der Waals surface area (Å²) in [4.78, 5) is 2.28. The van der Waals surface area contributed by atoms with E-state index in [0.29, 0.717) is 6.54 Å². The van der Waals surface area contributed by atoms with E-state index >= 15 is 0 Å². The van der Waals surface area contributed by atoms with Gasteiger partial charge in [0.2, 0.25) is 0 Å². The van der Waals surface area contributed by atoms with Gasteiger partial charge in [-0.05, 0) is 31.9 Å². The fourth-order valence-electron chi connectivity index (χ4n) is 2.35. The molecule has 90 valence electrons. The monoisotopic (exact) mass is 229 g/mol. The van der Waals surface area contributed by atoms with Gasteiger partial charge in [-0.2, -0.15) is 5.26 Å². The maximum atomic E-state index is 9.07. The van der Waals surface area contributed by atoms with Crippen molar-refractivity contribution >= 4 is 0 Å². The Balaban J connectivity index is 2.00. The predicted octanol–water partition coefficient (Wildman–Crippen LogP) is 1.81. The Labute approximate surface area is 103 Å². The van der Waals surface area contributed by atoms with Gasteiger partial charge in [-0.1, -0.05) is 29.8 Å². The highest BCUT2D eigenvalue weighted by atomic mass is 15.2. The molecule has 0 bridgehead atoms. The van der Waals surface area contributed by atoms with Crippen LogP contribution in [-0.4, -0.2) is 23.5 Å². The van der Waals surface area contributed by atoms with Gasteiger partial charge in [0.15, 0.2) is 0 Å². The van der Waals surface area contributed by atoms with Crippen LogP contribution in [0.4, 0.5) is 0 Å². The number of hydrogen-bond acceptors (Lipinski definition) is 3. The number of nitrogens with zero attached hydrogens (tertiary/aromatic N) is 2. The summed E-state index contributed by atoms with van der Waals surface area (Å²) in [6.07, 6.45) is 1.82. The third kappa shape index (κ3) is 3.06. The maximum absolute atomic E-state index is 9.07. The van der Waals surface area contributed by atoms with Gasteiger partial charge in [0, 0.05) is 13.1 Å². The molecule has 1 heterocycles. The summed E-state index contributed by atoms with van der Waals surface area (Å²) in [6, 6.07) is 10.8. The SMILES string of the molecule is Cc1ccc(CN2CCCC(N)(C#N)C2)cc1. The summed E-state index contributed by atoms with van der Waals surface area (Å²) >= 11 is 0. The Morgan fingerprint density at radius 3 is 2.76 bits per heavy atom. The number of benzene rings is 1. The lowest BCUT2D eigenvalue weighted by Crippen LogP contribution is -2.52. The third-order valence-corrected chi connectivity index (χ3v) is 3.35. The molecule has 1 aliphatic heterocycles. The second kappa shape index (κ2) is 4.87. The molecule has 0 aromatic heterocycles. The van der Waals surface area contributed by atoms with E-state index in [1.807, 2.05) is 0 Å². The molecule has 0 radical (unpaired) electrons. The zero-order valence-corrected chi connectivity index (χ0v) is 10.3. The predicted molar refractivity (Wildman–Crippen MR) is 68.2 cm³/mol. The van der Waals surface area contributed by atoms with E-state index in [-0.39, 0.29) is 0 Å². The van der Waals surface area contributed by atoms with Crippen LogP contribution in [0.2, 0.25) is 0 Å². The molecule has 2 rings (SSSR count). The summed E-state index contributed by atoms with van der Waals surface area (Å²) in [6.45, 7) is 4.69. The Hall–Kier alpha value is -1.37. The Morgan fingerprint density at radius 1 is 1.41 bits per heavy atom. The van der Waals surface area contributed by atoms with Crippen molar-refractivity contribution in [3.05, 3.63) is 35.4 Å². The molecular formula is C14H19N3. The molecule has 0 saturated carbocycles. The summed E-state index contributed by atoms with van der Waals surface area (Å²) in [5.74, 6) is 0. The van der Waals surface area contributed by atoms with Crippen molar-refractivity contribution in [2.75, 3.05) is 13.1 Å². The van der Waals surface area contributed by atoms with Crippen molar-refractivity contribution in [3.8, 4) is 6.07 Å². The van der Waals surface area contributed by atoms with Gasteiger partial charge in [-0.25, -0.2) is 0 Å². The first-order valence-corrected chi connectivity index (χ1v) is 6.09. The second-order valence-electron chi connectivity index (χ2n) is 5.07. The van der Waals surface area contributed by atoms with E-state index in [9.17, 15) is 0 Å². The number of hydrogen-bond donors (Lipinski definition) is 1. The van der Waals surface area contributed by atoms with E-state index in [4.69, 9.17) is 11.0 Å². The van der Waals surface area contributed by atoms with Crippen molar-refractivity contribution in [1.29, 1.82) is 5.26 Å². The zero-order valence-electron chi connectivity index (χ0n) is 10.3. The smallest absolute Gasteiger partial charge is 0.117 e. The number of nitriles is 1. The highest BCUT2D eigenvalue weighted by Gasteiger charge is 2.31. The lowest BCUT2D eigenvalue weighted by Gasteiger charge is -2.35. The van der Waals surface area contributed by atoms with Crippen LogP contribution in [0.3, 0.4) is 0 Å². The number of aryl methyl sites for hydroxylation is 1. The number of rotatable bonds is 2. The van der Waals surface area contributed by atoms with Crippen LogP contribution in [0.25, 0.3) is 0 Å². The van der Waals surface area contributed by atoms with Crippen molar-refractivity contribution in [2.24, 2.45) is 5.73 Å². The fraction of sp³-hybridized carbons (Fsp3) is 0.500. The van der Waals surface area contributed by atoms with Crippen LogP contribution in [0.5, 0.6) is 0 Å². The quantitative estimate of drug-likeness (QED) is 0.841. The number of likely N-dealkylation sites (tertiary alicyclic amines) is 1. The van der Waals surface area contributed by atoms with Crippen LogP contribution >= 0.6 is 0 Å². The first-order chi connectivity index (χ1) is 8.11.